The van der Waals surface area contributed by atoms with Crippen molar-refractivity contribution in [3.8, 4) is 5.69 Å². The Morgan fingerprint density at radius 3 is 1.69 bits per heavy atom. The van der Waals surface area contributed by atoms with Crippen LogP contribution in [0.4, 0.5) is 0 Å². The molecule has 0 saturated carbocycles. The van der Waals surface area contributed by atoms with Gasteiger partial charge in [-0.05, 0) is 55.0 Å². The number of rotatable bonds is 1. The predicted molar refractivity (Wildman–Crippen MR) is 209 cm³/mol. The van der Waals surface area contributed by atoms with Crippen molar-refractivity contribution in [2.45, 2.75) is 20.8 Å². The largest absolute Gasteiger partial charge is 0.277 e. The van der Waals surface area contributed by atoms with Gasteiger partial charge in [0.05, 0.1) is 27.5 Å². The van der Waals surface area contributed by atoms with Gasteiger partial charge in [-0.1, -0.05) is 97.2 Å². The standard InChI is InChI=1S/C38H17Cl4N3O2.C2H6/c1-15-7-3-5-9-26(15)44-16(2)17-11-21(39)30-31-22(40)12-18-29-20(38(47)45-27-10-6-4-8-25(27)43-36(18)45)14-24(42)33(35(29)31)32-23(41)13-19(37(44)46)28(17)34(30)32;1-2/h3-14H,2H2,1H3;1-2H3. The lowest BCUT2D eigenvalue weighted by atomic mass is 9.85. The molecule has 0 aliphatic carbocycles. The summed E-state index contributed by atoms with van der Waals surface area (Å²) in [7, 11) is 0. The molecule has 0 N–H and O–H groups in total. The first kappa shape index (κ1) is 30.4. The van der Waals surface area contributed by atoms with Gasteiger partial charge in [-0.2, -0.15) is 0 Å². The Hall–Kier alpha value is -4.65. The first-order valence-corrected chi connectivity index (χ1v) is 17.3. The van der Waals surface area contributed by atoms with Crippen LogP contribution in [-0.2, 0) is 0 Å². The molecule has 9 heteroatoms. The lowest BCUT2D eigenvalue weighted by molar-refractivity contribution is 0.968. The van der Waals surface area contributed by atoms with Crippen molar-refractivity contribution >= 4 is 134 Å². The van der Waals surface area contributed by atoms with E-state index in [9.17, 15) is 9.59 Å². The van der Waals surface area contributed by atoms with E-state index in [1.54, 1.807) is 21.1 Å². The van der Waals surface area contributed by atoms with E-state index in [-0.39, 0.29) is 11.1 Å². The highest BCUT2D eigenvalue weighted by atomic mass is 35.5. The number of hydrogen-bond acceptors (Lipinski definition) is 3. The number of benzene rings is 7. The molecule has 3 aromatic heterocycles. The maximum absolute atomic E-state index is 14.3. The first-order valence-electron chi connectivity index (χ1n) is 15.8. The van der Waals surface area contributed by atoms with Crippen molar-refractivity contribution in [2.75, 3.05) is 0 Å². The quantitative estimate of drug-likeness (QED) is 0.125. The van der Waals surface area contributed by atoms with Gasteiger partial charge in [0, 0.05) is 79.3 Å². The third kappa shape index (κ3) is 3.71. The first-order chi connectivity index (χ1) is 23.7. The van der Waals surface area contributed by atoms with E-state index in [4.69, 9.17) is 51.4 Å². The van der Waals surface area contributed by atoms with Crippen LogP contribution in [0.15, 0.2) is 82.4 Å². The van der Waals surface area contributed by atoms with E-state index in [2.05, 4.69) is 6.58 Å². The Bertz CT molecular complexity index is 3170. The van der Waals surface area contributed by atoms with Gasteiger partial charge in [0.25, 0.3) is 11.1 Å². The molecule has 10 rings (SSSR count). The fourth-order valence-corrected chi connectivity index (χ4v) is 9.02. The van der Waals surface area contributed by atoms with Crippen LogP contribution in [0, 0.1) is 6.92 Å². The maximum atomic E-state index is 14.3. The molecule has 0 saturated heterocycles. The van der Waals surface area contributed by atoms with Crippen molar-refractivity contribution in [1.82, 2.24) is 14.0 Å². The number of aromatic nitrogens is 3. The molecule has 0 atom stereocenters. The summed E-state index contributed by atoms with van der Waals surface area (Å²) < 4.78 is 3.22. The molecule has 5 nitrogen and oxygen atoms in total. The Labute approximate surface area is 297 Å². The van der Waals surface area contributed by atoms with E-state index in [0.717, 1.165) is 11.3 Å². The Morgan fingerprint density at radius 1 is 0.592 bits per heavy atom. The Kier molecular flexibility index (Phi) is 6.47. The zero-order chi connectivity index (χ0) is 34.2. The lowest BCUT2D eigenvalue weighted by Gasteiger charge is -2.22. The number of aryl methyl sites for hydroxylation is 1. The number of nitrogens with zero attached hydrogens (tertiary/aromatic N) is 3. The summed E-state index contributed by atoms with van der Waals surface area (Å²) in [5, 5.41) is 9.39. The smallest absolute Gasteiger partial charge is 0.264 e. The fourth-order valence-electron chi connectivity index (χ4n) is 7.82. The number of fused-ring (bicyclic) bond motifs is 6. The molecule has 0 amide bonds. The van der Waals surface area contributed by atoms with Gasteiger partial charge in [0.2, 0.25) is 0 Å². The third-order valence-electron chi connectivity index (χ3n) is 9.72. The average Bonchev–Trinajstić information content (AvgIpc) is 3.49. The van der Waals surface area contributed by atoms with Gasteiger partial charge in [-0.3, -0.25) is 18.6 Å². The normalized spacial score (nSPS) is 12.2. The second kappa shape index (κ2) is 10.4. The van der Waals surface area contributed by atoms with Crippen molar-refractivity contribution in [1.29, 1.82) is 0 Å². The van der Waals surface area contributed by atoms with Gasteiger partial charge in [0.1, 0.15) is 5.65 Å². The molecule has 7 aromatic carbocycles. The summed E-state index contributed by atoms with van der Waals surface area (Å²) in [5.74, 6) is 0. The molecule has 0 fully saturated rings. The molecule has 49 heavy (non-hydrogen) atoms. The summed E-state index contributed by atoms with van der Waals surface area (Å²) >= 11 is 28.8. The Morgan fingerprint density at radius 2 is 1.08 bits per heavy atom. The second-order valence-electron chi connectivity index (χ2n) is 12.1. The SMILES string of the molecule is C=c1c2cc(Cl)c3c4c(Cl)cc5c6c(cc(Cl)c(c7c(Cl)cc(c(=O)n1-c1ccccc1C)c2c73)c46)c(=O)n1c2ccccc2nc51.CC. The molecule has 0 spiro atoms. The average molecular weight is 719 g/mol. The van der Waals surface area contributed by atoms with Crippen LogP contribution in [0.3, 0.4) is 0 Å². The van der Waals surface area contributed by atoms with E-state index in [1.165, 1.54) is 0 Å². The highest BCUT2D eigenvalue weighted by molar-refractivity contribution is 6.56. The van der Waals surface area contributed by atoms with Crippen molar-refractivity contribution in [2.24, 2.45) is 0 Å². The van der Waals surface area contributed by atoms with Crippen molar-refractivity contribution in [3.63, 3.8) is 0 Å². The van der Waals surface area contributed by atoms with Crippen LogP contribution in [0.25, 0.3) is 93.6 Å². The minimum absolute atomic E-state index is 0.241. The minimum atomic E-state index is -0.253. The van der Waals surface area contributed by atoms with Crippen LogP contribution in [0.2, 0.25) is 20.1 Å². The molecule has 0 bridgehead atoms. The van der Waals surface area contributed by atoms with Crippen molar-refractivity contribution in [3.05, 3.63) is 125 Å². The van der Waals surface area contributed by atoms with E-state index >= 15 is 0 Å². The fraction of sp³-hybridized carbons (Fsp3) is 0.0750. The van der Waals surface area contributed by atoms with E-state index in [1.807, 2.05) is 81.4 Å². The number of halogens is 4. The van der Waals surface area contributed by atoms with Gasteiger partial charge in [-0.15, -0.1) is 0 Å². The van der Waals surface area contributed by atoms with Gasteiger partial charge in [0.15, 0.2) is 0 Å². The highest BCUT2D eigenvalue weighted by Gasteiger charge is 2.28. The Balaban J connectivity index is 0.00000160. The molecule has 0 unspecified atom stereocenters. The molecule has 0 aliphatic heterocycles. The molecular weight excluding hydrogens is 696 g/mol. The monoisotopic (exact) mass is 717 g/mol. The summed E-state index contributed by atoms with van der Waals surface area (Å²) in [4.78, 5) is 33.4. The summed E-state index contributed by atoms with van der Waals surface area (Å²) in [5.41, 5.74) is 3.03. The molecular formula is C40H23Cl4N3O2. The maximum Gasteiger partial charge on any atom is 0.264 e. The molecule has 238 valence electrons. The second-order valence-corrected chi connectivity index (χ2v) is 13.7. The number of hydrogen-bond donors (Lipinski definition) is 0. The lowest BCUT2D eigenvalue weighted by Crippen LogP contribution is -2.32. The predicted octanol–water partition coefficient (Wildman–Crippen LogP) is 10.9. The van der Waals surface area contributed by atoms with Gasteiger partial charge >= 0.3 is 0 Å². The topological polar surface area (TPSA) is 56.4 Å². The van der Waals surface area contributed by atoms with Gasteiger partial charge < -0.3 is 0 Å². The summed E-state index contributed by atoms with van der Waals surface area (Å²) in [6.45, 7) is 10.3. The van der Waals surface area contributed by atoms with Crippen molar-refractivity contribution < 1.29 is 0 Å². The van der Waals surface area contributed by atoms with Crippen LogP contribution in [0.5, 0.6) is 0 Å². The summed E-state index contributed by atoms with van der Waals surface area (Å²) in [6.07, 6.45) is 0. The van der Waals surface area contributed by atoms with Crippen LogP contribution < -0.4 is 16.5 Å². The van der Waals surface area contributed by atoms with Gasteiger partial charge in [-0.25, -0.2) is 4.98 Å². The molecule has 0 aliphatic rings. The number of pyridine rings is 2. The number of para-hydroxylation sites is 3. The number of imidazole rings is 1. The molecule has 3 heterocycles. The van der Waals surface area contributed by atoms with Crippen LogP contribution >= 0.6 is 46.4 Å². The zero-order valence-corrected chi connectivity index (χ0v) is 29.3. The van der Waals surface area contributed by atoms with Crippen LogP contribution in [-0.4, -0.2) is 14.0 Å². The third-order valence-corrected chi connectivity index (χ3v) is 10.9. The van der Waals surface area contributed by atoms with E-state index < -0.39 is 0 Å². The summed E-state index contributed by atoms with van der Waals surface area (Å²) in [6, 6.07) is 22.2. The zero-order valence-electron chi connectivity index (χ0n) is 26.3. The molecule has 10 aromatic rings. The van der Waals surface area contributed by atoms with E-state index in [0.29, 0.717) is 107 Å². The van der Waals surface area contributed by atoms with Crippen LogP contribution in [0.1, 0.15) is 19.4 Å². The minimum Gasteiger partial charge on any atom is -0.277 e. The molecule has 0 radical (unpaired) electrons. The highest BCUT2D eigenvalue weighted by Crippen LogP contribution is 2.52.